The number of carbonyl (C=O) groups is 1. The van der Waals surface area contributed by atoms with Gasteiger partial charge in [0.1, 0.15) is 0 Å². The second-order valence-electron chi connectivity index (χ2n) is 4.63. The molecule has 0 atom stereocenters. The quantitative estimate of drug-likeness (QED) is 0.472. The van der Waals surface area contributed by atoms with Gasteiger partial charge in [-0.2, -0.15) is 0 Å². The Kier molecular flexibility index (Phi) is 3.73. The van der Waals surface area contributed by atoms with Gasteiger partial charge < -0.3 is 0 Å². The van der Waals surface area contributed by atoms with Crippen molar-refractivity contribution in [3.63, 3.8) is 0 Å². The van der Waals surface area contributed by atoms with Crippen LogP contribution >= 0.6 is 11.6 Å². The Hall–Kier alpha value is -2.56. The average Bonchev–Trinajstić information content (AvgIpc) is 2.53. The summed E-state index contributed by atoms with van der Waals surface area (Å²) in [5.41, 5.74) is 2.20. The van der Waals surface area contributed by atoms with Crippen molar-refractivity contribution in [1.82, 2.24) is 0 Å². The predicted molar refractivity (Wildman–Crippen MR) is 86.6 cm³/mol. The predicted octanol–water partition coefficient (Wildman–Crippen LogP) is 4.62. The summed E-state index contributed by atoms with van der Waals surface area (Å²) < 4.78 is 0. The van der Waals surface area contributed by atoms with Gasteiger partial charge in [0.05, 0.1) is 0 Å². The summed E-state index contributed by atoms with van der Waals surface area (Å²) in [6.07, 6.45) is 0. The van der Waals surface area contributed by atoms with E-state index < -0.39 is 5.24 Å². The van der Waals surface area contributed by atoms with Gasteiger partial charge >= 0.3 is 0 Å². The van der Waals surface area contributed by atoms with Gasteiger partial charge in [0.2, 0.25) is 0 Å². The molecule has 0 heterocycles. The monoisotopic (exact) mass is 290 g/mol. The molecule has 3 rings (SSSR count). The van der Waals surface area contributed by atoms with Crippen LogP contribution in [0.2, 0.25) is 0 Å². The van der Waals surface area contributed by atoms with Crippen LogP contribution in [-0.4, -0.2) is 5.24 Å². The topological polar surface area (TPSA) is 17.1 Å². The normalized spacial score (nSPS) is 9.95. The Labute approximate surface area is 128 Å². The van der Waals surface area contributed by atoms with Crippen LogP contribution in [0.1, 0.15) is 21.5 Å². The van der Waals surface area contributed by atoms with Gasteiger partial charge in [0.25, 0.3) is 5.24 Å². The molecule has 3 aromatic rings. The van der Waals surface area contributed by atoms with Gasteiger partial charge in [0, 0.05) is 16.7 Å². The Bertz CT molecular complexity index is 879. The number of hydrogen-bond donors (Lipinski definition) is 0. The van der Waals surface area contributed by atoms with Gasteiger partial charge in [-0.15, -0.1) is 0 Å². The Morgan fingerprint density at radius 2 is 1.62 bits per heavy atom. The van der Waals surface area contributed by atoms with E-state index in [1.54, 1.807) is 18.2 Å². The van der Waals surface area contributed by atoms with Crippen molar-refractivity contribution in [2.24, 2.45) is 0 Å². The number of hydrogen-bond acceptors (Lipinski definition) is 1. The van der Waals surface area contributed by atoms with Gasteiger partial charge in [-0.05, 0) is 40.6 Å². The van der Waals surface area contributed by atoms with E-state index in [1.165, 1.54) is 0 Å². The molecule has 0 spiro atoms. The maximum atomic E-state index is 11.2. The van der Waals surface area contributed by atoms with Gasteiger partial charge in [0.15, 0.2) is 0 Å². The Morgan fingerprint density at radius 1 is 0.857 bits per heavy atom. The summed E-state index contributed by atoms with van der Waals surface area (Å²) >= 11 is 5.48. The lowest BCUT2D eigenvalue weighted by Crippen LogP contribution is -1.88. The van der Waals surface area contributed by atoms with Crippen LogP contribution in [0, 0.1) is 11.8 Å². The SMILES string of the molecule is O=C(Cl)c1cccc(C#Cc2cccc3ccccc23)c1. The van der Waals surface area contributed by atoms with Gasteiger partial charge in [-0.1, -0.05) is 60.4 Å². The third-order valence-corrected chi connectivity index (χ3v) is 3.44. The Balaban J connectivity index is 2.04. The van der Waals surface area contributed by atoms with Gasteiger partial charge in [-0.25, -0.2) is 0 Å². The van der Waals surface area contributed by atoms with Crippen LogP contribution in [0.15, 0.2) is 66.7 Å². The van der Waals surface area contributed by atoms with Crippen molar-refractivity contribution in [3.05, 3.63) is 83.4 Å². The zero-order valence-corrected chi connectivity index (χ0v) is 11.9. The lowest BCUT2D eigenvalue weighted by Gasteiger charge is -1.99. The number of rotatable bonds is 1. The molecule has 0 aliphatic heterocycles. The standard InChI is InChI=1S/C19H11ClO/c20-19(21)17-9-3-5-14(13-17)11-12-16-8-4-7-15-6-1-2-10-18(15)16/h1-10,13H. The molecular formula is C19H11ClO. The average molecular weight is 291 g/mol. The second kappa shape index (κ2) is 5.83. The van der Waals surface area contributed by atoms with E-state index >= 15 is 0 Å². The van der Waals surface area contributed by atoms with E-state index in [0.29, 0.717) is 5.56 Å². The third kappa shape index (κ3) is 2.97. The molecule has 0 saturated heterocycles. The van der Waals surface area contributed by atoms with Crippen LogP contribution in [0.5, 0.6) is 0 Å². The van der Waals surface area contributed by atoms with E-state index in [2.05, 4.69) is 30.0 Å². The summed E-state index contributed by atoms with van der Waals surface area (Å²) in [7, 11) is 0. The first kappa shape index (κ1) is 13.4. The van der Waals surface area contributed by atoms with E-state index in [-0.39, 0.29) is 0 Å². The first-order chi connectivity index (χ1) is 10.2. The molecule has 0 aromatic heterocycles. The van der Waals surface area contributed by atoms with E-state index in [9.17, 15) is 4.79 Å². The summed E-state index contributed by atoms with van der Waals surface area (Å²) in [5, 5.41) is 1.81. The lowest BCUT2D eigenvalue weighted by molar-refractivity contribution is 0.108. The highest BCUT2D eigenvalue weighted by atomic mass is 35.5. The first-order valence-electron chi connectivity index (χ1n) is 6.54. The molecule has 0 amide bonds. The smallest absolute Gasteiger partial charge is 0.252 e. The minimum atomic E-state index is -0.469. The highest BCUT2D eigenvalue weighted by Crippen LogP contribution is 2.17. The number of fused-ring (bicyclic) bond motifs is 1. The van der Waals surface area contributed by atoms with Crippen molar-refractivity contribution in [1.29, 1.82) is 0 Å². The minimum Gasteiger partial charge on any atom is -0.276 e. The molecule has 100 valence electrons. The van der Waals surface area contributed by atoms with E-state index in [4.69, 9.17) is 11.6 Å². The van der Waals surface area contributed by atoms with Crippen molar-refractivity contribution in [2.75, 3.05) is 0 Å². The maximum Gasteiger partial charge on any atom is 0.252 e. The molecular weight excluding hydrogens is 280 g/mol. The Morgan fingerprint density at radius 3 is 2.48 bits per heavy atom. The largest absolute Gasteiger partial charge is 0.276 e. The zero-order chi connectivity index (χ0) is 14.7. The summed E-state index contributed by atoms with van der Waals surface area (Å²) in [5.74, 6) is 6.25. The second-order valence-corrected chi connectivity index (χ2v) is 4.97. The molecule has 0 unspecified atom stereocenters. The van der Waals surface area contributed by atoms with Crippen LogP contribution in [0.25, 0.3) is 10.8 Å². The molecule has 0 fully saturated rings. The molecule has 0 aliphatic carbocycles. The molecule has 0 saturated carbocycles. The zero-order valence-electron chi connectivity index (χ0n) is 11.1. The minimum absolute atomic E-state index is 0.460. The molecule has 0 N–H and O–H groups in total. The third-order valence-electron chi connectivity index (χ3n) is 3.22. The summed E-state index contributed by atoms with van der Waals surface area (Å²) in [6.45, 7) is 0. The molecule has 0 radical (unpaired) electrons. The molecule has 21 heavy (non-hydrogen) atoms. The number of benzene rings is 3. The molecule has 0 bridgehead atoms. The fourth-order valence-corrected chi connectivity index (χ4v) is 2.31. The molecule has 3 aromatic carbocycles. The fraction of sp³-hybridized carbons (Fsp3) is 0. The van der Waals surface area contributed by atoms with E-state index in [1.807, 2.05) is 30.3 Å². The highest BCUT2D eigenvalue weighted by Gasteiger charge is 2.01. The van der Waals surface area contributed by atoms with Crippen LogP contribution in [0.4, 0.5) is 0 Å². The molecule has 1 nitrogen and oxygen atoms in total. The highest BCUT2D eigenvalue weighted by molar-refractivity contribution is 6.67. The molecule has 0 aliphatic rings. The van der Waals surface area contributed by atoms with E-state index in [0.717, 1.165) is 21.9 Å². The molecule has 2 heteroatoms. The summed E-state index contributed by atoms with van der Waals surface area (Å²) in [6, 6.07) is 21.2. The van der Waals surface area contributed by atoms with Crippen LogP contribution < -0.4 is 0 Å². The number of carbonyl (C=O) groups excluding carboxylic acids is 1. The van der Waals surface area contributed by atoms with Gasteiger partial charge in [-0.3, -0.25) is 4.79 Å². The first-order valence-corrected chi connectivity index (χ1v) is 6.91. The van der Waals surface area contributed by atoms with Crippen molar-refractivity contribution in [2.45, 2.75) is 0 Å². The van der Waals surface area contributed by atoms with Crippen molar-refractivity contribution < 1.29 is 4.79 Å². The van der Waals surface area contributed by atoms with Crippen LogP contribution in [0.3, 0.4) is 0 Å². The number of halogens is 1. The van der Waals surface area contributed by atoms with Crippen LogP contribution in [-0.2, 0) is 0 Å². The summed E-state index contributed by atoms with van der Waals surface area (Å²) in [4.78, 5) is 11.2. The van der Waals surface area contributed by atoms with Crippen molar-refractivity contribution >= 4 is 27.6 Å². The fourth-order valence-electron chi connectivity index (χ4n) is 2.19. The maximum absolute atomic E-state index is 11.2. The van der Waals surface area contributed by atoms with Crippen molar-refractivity contribution in [3.8, 4) is 11.8 Å². The lowest BCUT2D eigenvalue weighted by atomic mass is 10.0.